The molecule has 0 fully saturated rings. The molecule has 7 heteroatoms. The fraction of sp³-hybridized carbons (Fsp3) is 0.0833. The van der Waals surface area contributed by atoms with Crippen LogP contribution in [-0.4, -0.2) is 4.57 Å². The average Bonchev–Trinajstić information content (AvgIpc) is 3.05. The highest BCUT2D eigenvalue weighted by atomic mass is 16.2. The maximum absolute atomic E-state index is 13.3. The van der Waals surface area contributed by atoms with Gasteiger partial charge in [0.25, 0.3) is 11.1 Å². The molecule has 0 spiro atoms. The molecule has 4 aromatic carbocycles. The molecule has 0 bridgehead atoms. The minimum atomic E-state index is -0.667. The quantitative estimate of drug-likeness (QED) is 0.260. The Kier molecular flexibility index (Phi) is 3.85. The van der Waals surface area contributed by atoms with Crippen molar-refractivity contribution in [2.75, 3.05) is 11.5 Å². The lowest BCUT2D eigenvalue weighted by molar-refractivity contribution is 0.982. The van der Waals surface area contributed by atoms with Crippen molar-refractivity contribution in [3.05, 3.63) is 95.2 Å². The van der Waals surface area contributed by atoms with Crippen LogP contribution < -0.4 is 33.4 Å². The van der Waals surface area contributed by atoms with Crippen molar-refractivity contribution in [2.45, 2.75) is 13.3 Å². The summed E-state index contributed by atoms with van der Waals surface area (Å²) in [5, 5.41) is -0.131. The number of aromatic nitrogens is 1. The van der Waals surface area contributed by atoms with Crippen LogP contribution in [0.3, 0.4) is 0 Å². The van der Waals surface area contributed by atoms with Crippen LogP contribution in [-0.2, 0) is 6.42 Å². The Bertz CT molecular complexity index is 1670. The van der Waals surface area contributed by atoms with E-state index in [2.05, 4.69) is 0 Å². The van der Waals surface area contributed by atoms with Crippen LogP contribution in [0.1, 0.15) is 12.5 Å². The van der Waals surface area contributed by atoms with Crippen molar-refractivity contribution in [1.82, 2.24) is 4.57 Å². The van der Waals surface area contributed by atoms with Crippen molar-refractivity contribution in [1.29, 1.82) is 0 Å². The van der Waals surface area contributed by atoms with Gasteiger partial charge in [0, 0.05) is 10.8 Å². The van der Waals surface area contributed by atoms with E-state index in [0.29, 0.717) is 5.69 Å². The Hall–Kier alpha value is -4.26. The highest BCUT2D eigenvalue weighted by Crippen LogP contribution is 2.31. The molecule has 0 aliphatic rings. The molecule has 0 atom stereocenters. The van der Waals surface area contributed by atoms with E-state index < -0.39 is 22.0 Å². The van der Waals surface area contributed by atoms with Crippen molar-refractivity contribution >= 4 is 43.7 Å². The zero-order valence-electron chi connectivity index (χ0n) is 16.6. The summed E-state index contributed by atoms with van der Waals surface area (Å²) in [6.45, 7) is 1.96. The second-order valence-corrected chi connectivity index (χ2v) is 7.50. The van der Waals surface area contributed by atoms with E-state index in [1.807, 2.05) is 13.0 Å². The minimum Gasteiger partial charge on any atom is -0.397 e. The van der Waals surface area contributed by atoms with E-state index in [-0.39, 0.29) is 43.7 Å². The highest BCUT2D eigenvalue weighted by molar-refractivity contribution is 6.20. The second-order valence-electron chi connectivity index (χ2n) is 7.50. The molecule has 5 rings (SSSR count). The number of nitrogen functional groups attached to an aromatic ring is 2. The van der Waals surface area contributed by atoms with Crippen LogP contribution in [0.2, 0.25) is 0 Å². The number of fused-ring (bicyclic) bond motifs is 3. The van der Waals surface area contributed by atoms with Gasteiger partial charge in [-0.15, -0.1) is 0 Å². The fourth-order valence-electron chi connectivity index (χ4n) is 4.32. The molecular weight excluding hydrogens is 394 g/mol. The first-order valence-corrected chi connectivity index (χ1v) is 9.77. The normalized spacial score (nSPS) is 11.6. The lowest BCUT2D eigenvalue weighted by Gasteiger charge is -2.07. The number of nitrogens with two attached hydrogens (primary N) is 2. The number of hydrogen-bond acceptors (Lipinski definition) is 6. The lowest BCUT2D eigenvalue weighted by Crippen LogP contribution is -2.23. The summed E-state index contributed by atoms with van der Waals surface area (Å²) in [6, 6.07) is 13.3. The van der Waals surface area contributed by atoms with Gasteiger partial charge in [-0.2, -0.15) is 0 Å². The van der Waals surface area contributed by atoms with Crippen molar-refractivity contribution in [2.24, 2.45) is 0 Å². The smallest absolute Gasteiger partial charge is 0.268 e. The summed E-state index contributed by atoms with van der Waals surface area (Å²) in [5.74, 6) is 0. The number of nitrogens with zero attached hydrogens (tertiary/aromatic N) is 1. The van der Waals surface area contributed by atoms with E-state index in [1.165, 1.54) is 12.1 Å². The molecule has 1 aromatic heterocycles. The Morgan fingerprint density at radius 3 is 1.71 bits per heavy atom. The molecule has 1 heterocycles. The SMILES string of the molecule is CCc1cccc(-n2c(=O)c3c(N)c4c(=O)c5ccccc5c(=O)c4c(N)c3c2=O)c1. The first-order chi connectivity index (χ1) is 14.9. The van der Waals surface area contributed by atoms with E-state index in [9.17, 15) is 19.2 Å². The summed E-state index contributed by atoms with van der Waals surface area (Å²) in [4.78, 5) is 52.9. The molecule has 0 amide bonds. The summed E-state index contributed by atoms with van der Waals surface area (Å²) >= 11 is 0. The summed E-state index contributed by atoms with van der Waals surface area (Å²) in [6.07, 6.45) is 0.719. The van der Waals surface area contributed by atoms with Gasteiger partial charge < -0.3 is 11.5 Å². The predicted molar refractivity (Wildman–Crippen MR) is 124 cm³/mol. The molecule has 0 saturated carbocycles. The zero-order chi connectivity index (χ0) is 22.0. The summed E-state index contributed by atoms with van der Waals surface area (Å²) in [7, 11) is 0. The Labute approximate surface area is 174 Å². The van der Waals surface area contributed by atoms with E-state index in [1.54, 1.807) is 30.3 Å². The molecule has 31 heavy (non-hydrogen) atoms. The first kappa shape index (κ1) is 18.7. The maximum atomic E-state index is 13.3. The van der Waals surface area contributed by atoms with Gasteiger partial charge in [-0.3, -0.25) is 19.2 Å². The van der Waals surface area contributed by atoms with Crippen LogP contribution in [0.4, 0.5) is 11.4 Å². The third-order valence-corrected chi connectivity index (χ3v) is 5.86. The molecule has 7 nitrogen and oxygen atoms in total. The topological polar surface area (TPSA) is 125 Å². The number of anilines is 2. The van der Waals surface area contributed by atoms with Crippen molar-refractivity contribution in [3.8, 4) is 5.69 Å². The summed E-state index contributed by atoms with van der Waals surface area (Å²) in [5.41, 5.74) is 11.1. The van der Waals surface area contributed by atoms with Gasteiger partial charge in [-0.1, -0.05) is 43.3 Å². The molecule has 4 N–H and O–H groups in total. The van der Waals surface area contributed by atoms with E-state index >= 15 is 0 Å². The van der Waals surface area contributed by atoms with Crippen molar-refractivity contribution in [3.63, 3.8) is 0 Å². The van der Waals surface area contributed by atoms with Gasteiger partial charge in [0.1, 0.15) is 0 Å². The molecular formula is C24H17N3O4. The van der Waals surface area contributed by atoms with Gasteiger partial charge >= 0.3 is 0 Å². The Balaban J connectivity index is 2.07. The Morgan fingerprint density at radius 1 is 0.710 bits per heavy atom. The van der Waals surface area contributed by atoms with E-state index in [4.69, 9.17) is 11.5 Å². The first-order valence-electron chi connectivity index (χ1n) is 9.77. The molecule has 152 valence electrons. The van der Waals surface area contributed by atoms with Gasteiger partial charge in [-0.25, -0.2) is 4.57 Å². The highest BCUT2D eigenvalue weighted by Gasteiger charge is 2.25. The lowest BCUT2D eigenvalue weighted by atomic mass is 9.97. The number of benzene rings is 4. The molecule has 5 aromatic rings. The summed E-state index contributed by atoms with van der Waals surface area (Å²) < 4.78 is 0.990. The van der Waals surface area contributed by atoms with Gasteiger partial charge in [0.2, 0.25) is 0 Å². The predicted octanol–water partition coefficient (Wildman–Crippen LogP) is 1.98. The van der Waals surface area contributed by atoms with Crippen molar-refractivity contribution < 1.29 is 0 Å². The number of aryl methyl sites for hydroxylation is 1. The van der Waals surface area contributed by atoms with Crippen LogP contribution >= 0.6 is 0 Å². The number of hydrogen-bond donors (Lipinski definition) is 2. The van der Waals surface area contributed by atoms with Crippen LogP contribution in [0.5, 0.6) is 0 Å². The second kappa shape index (κ2) is 6.37. The van der Waals surface area contributed by atoms with Crippen LogP contribution in [0.15, 0.2) is 67.7 Å². The molecule has 0 radical (unpaired) electrons. The van der Waals surface area contributed by atoms with Gasteiger partial charge in [-0.05, 0) is 24.1 Å². The largest absolute Gasteiger partial charge is 0.397 e. The monoisotopic (exact) mass is 411 g/mol. The zero-order valence-corrected chi connectivity index (χ0v) is 16.6. The third-order valence-electron chi connectivity index (χ3n) is 5.86. The minimum absolute atomic E-state index is 0.120. The molecule has 0 aliphatic heterocycles. The molecule has 0 saturated heterocycles. The number of rotatable bonds is 2. The van der Waals surface area contributed by atoms with Gasteiger partial charge in [0.05, 0.1) is 38.6 Å². The standard InChI is InChI=1S/C24H17N3O4/c1-2-11-6-5-7-12(10-11)27-23(30)17-18(24(27)31)20(26)16-15(19(17)25)21(28)13-8-3-4-9-14(13)22(16)29/h3-10H,2,25-26H2,1H3. The Morgan fingerprint density at radius 2 is 1.23 bits per heavy atom. The van der Waals surface area contributed by atoms with Gasteiger partial charge in [0.15, 0.2) is 10.9 Å². The third kappa shape index (κ3) is 2.34. The fourth-order valence-corrected chi connectivity index (χ4v) is 4.32. The maximum Gasteiger partial charge on any atom is 0.268 e. The average molecular weight is 411 g/mol. The van der Waals surface area contributed by atoms with Crippen LogP contribution in [0.25, 0.3) is 38.0 Å². The van der Waals surface area contributed by atoms with E-state index in [0.717, 1.165) is 16.6 Å². The van der Waals surface area contributed by atoms with Crippen LogP contribution in [0, 0.1) is 0 Å². The molecule has 0 aliphatic carbocycles. The molecule has 0 unspecified atom stereocenters.